The molecule has 0 spiro atoms. The lowest BCUT2D eigenvalue weighted by Crippen LogP contribution is -2.47. The van der Waals surface area contributed by atoms with Crippen molar-refractivity contribution in [3.05, 3.63) is 0 Å². The average Bonchev–Trinajstić information content (AvgIpc) is 3.13. The van der Waals surface area contributed by atoms with Gasteiger partial charge in [-0.2, -0.15) is 0 Å². The molecule has 1 atom stereocenters. The molecule has 1 saturated heterocycles. The Bertz CT molecular complexity index is 296. The smallest absolute Gasteiger partial charge is 0.0547 e. The summed E-state index contributed by atoms with van der Waals surface area (Å²) in [6, 6.07) is 0.794. The lowest BCUT2D eigenvalue weighted by atomic mass is 9.86. The Morgan fingerprint density at radius 1 is 1.24 bits per heavy atom. The van der Waals surface area contributed by atoms with Crippen molar-refractivity contribution in [1.82, 2.24) is 15.1 Å². The third-order valence-corrected chi connectivity index (χ3v) is 4.57. The van der Waals surface area contributed by atoms with E-state index in [2.05, 4.69) is 43.1 Å². The minimum absolute atomic E-state index is 0.337. The average molecular weight is 297 g/mol. The first-order chi connectivity index (χ1) is 9.99. The summed E-state index contributed by atoms with van der Waals surface area (Å²) in [6.45, 7) is 12.3. The van der Waals surface area contributed by atoms with Gasteiger partial charge in [0.2, 0.25) is 0 Å². The minimum atomic E-state index is 0.337. The molecule has 1 unspecified atom stereocenters. The van der Waals surface area contributed by atoms with Gasteiger partial charge in [0.05, 0.1) is 6.61 Å². The molecule has 1 heterocycles. The van der Waals surface area contributed by atoms with Crippen LogP contribution in [0.2, 0.25) is 0 Å². The number of hydrogen-bond acceptors (Lipinski definition) is 4. The van der Waals surface area contributed by atoms with E-state index in [1.54, 1.807) is 0 Å². The molecule has 4 heteroatoms. The van der Waals surface area contributed by atoms with Crippen LogP contribution in [0.3, 0.4) is 0 Å². The topological polar surface area (TPSA) is 27.7 Å². The second-order valence-corrected chi connectivity index (χ2v) is 7.89. The summed E-state index contributed by atoms with van der Waals surface area (Å²) >= 11 is 0. The van der Waals surface area contributed by atoms with E-state index < -0.39 is 0 Å². The maximum absolute atomic E-state index is 5.77. The van der Waals surface area contributed by atoms with Gasteiger partial charge < -0.3 is 19.9 Å². The highest BCUT2D eigenvalue weighted by atomic mass is 16.5. The van der Waals surface area contributed by atoms with Gasteiger partial charge in [-0.25, -0.2) is 0 Å². The predicted molar refractivity (Wildman–Crippen MR) is 88.7 cm³/mol. The minimum Gasteiger partial charge on any atom is -0.381 e. The molecule has 0 radical (unpaired) electrons. The fourth-order valence-electron chi connectivity index (χ4n) is 3.18. The molecule has 1 N–H and O–H groups in total. The maximum atomic E-state index is 5.77. The molecule has 1 aliphatic carbocycles. The summed E-state index contributed by atoms with van der Waals surface area (Å²) < 4.78 is 5.77. The van der Waals surface area contributed by atoms with Crippen LogP contribution < -0.4 is 5.32 Å². The molecule has 0 aromatic rings. The first kappa shape index (κ1) is 17.2. The Morgan fingerprint density at radius 3 is 2.52 bits per heavy atom. The Morgan fingerprint density at radius 2 is 2.00 bits per heavy atom. The first-order valence-corrected chi connectivity index (χ1v) is 8.67. The van der Waals surface area contributed by atoms with Crippen molar-refractivity contribution >= 4 is 0 Å². The lowest BCUT2D eigenvalue weighted by molar-refractivity contribution is 0.0977. The third kappa shape index (κ3) is 6.23. The summed E-state index contributed by atoms with van der Waals surface area (Å²) in [4.78, 5) is 4.95. The number of hydrogen-bond donors (Lipinski definition) is 1. The van der Waals surface area contributed by atoms with Crippen LogP contribution in [0.25, 0.3) is 0 Å². The van der Waals surface area contributed by atoms with Crippen LogP contribution in [-0.2, 0) is 4.74 Å². The van der Waals surface area contributed by atoms with Crippen molar-refractivity contribution in [2.24, 2.45) is 11.3 Å². The van der Waals surface area contributed by atoms with Crippen molar-refractivity contribution in [3.8, 4) is 0 Å². The summed E-state index contributed by atoms with van der Waals surface area (Å²) in [7, 11) is 4.33. The zero-order chi connectivity index (χ0) is 15.3. The Labute approximate surface area is 131 Å². The lowest BCUT2D eigenvalue weighted by Gasteiger charge is -2.36. The number of rotatable bonds is 10. The zero-order valence-corrected chi connectivity index (χ0v) is 14.5. The van der Waals surface area contributed by atoms with Gasteiger partial charge in [0.1, 0.15) is 0 Å². The van der Waals surface area contributed by atoms with Gasteiger partial charge >= 0.3 is 0 Å². The van der Waals surface area contributed by atoms with E-state index in [1.165, 1.54) is 32.4 Å². The normalized spacial score (nSPS) is 26.4. The molecule has 0 bridgehead atoms. The molecule has 21 heavy (non-hydrogen) atoms. The first-order valence-electron chi connectivity index (χ1n) is 8.67. The summed E-state index contributed by atoms with van der Waals surface area (Å²) in [5.41, 5.74) is 0.337. The second kappa shape index (κ2) is 7.91. The molecule has 1 aliphatic heterocycles. The molecule has 124 valence electrons. The van der Waals surface area contributed by atoms with Crippen molar-refractivity contribution in [3.63, 3.8) is 0 Å². The Hall–Kier alpha value is -0.160. The molecule has 0 aromatic carbocycles. The molecule has 2 fully saturated rings. The van der Waals surface area contributed by atoms with E-state index >= 15 is 0 Å². The van der Waals surface area contributed by atoms with Crippen molar-refractivity contribution in [2.75, 3.05) is 60.0 Å². The molecule has 2 rings (SSSR count). The van der Waals surface area contributed by atoms with Crippen LogP contribution in [0.4, 0.5) is 0 Å². The Kier molecular flexibility index (Phi) is 6.48. The van der Waals surface area contributed by atoms with Crippen LogP contribution in [0.5, 0.6) is 0 Å². The van der Waals surface area contributed by atoms with Crippen LogP contribution in [0.15, 0.2) is 0 Å². The fourth-order valence-corrected chi connectivity index (χ4v) is 3.18. The van der Waals surface area contributed by atoms with Gasteiger partial charge in [-0.3, -0.25) is 0 Å². The third-order valence-electron chi connectivity index (χ3n) is 4.57. The highest BCUT2D eigenvalue weighted by Crippen LogP contribution is 2.31. The van der Waals surface area contributed by atoms with Crippen molar-refractivity contribution in [2.45, 2.75) is 39.2 Å². The van der Waals surface area contributed by atoms with Gasteiger partial charge in [-0.05, 0) is 39.3 Å². The molecule has 0 aromatic heterocycles. The van der Waals surface area contributed by atoms with Gasteiger partial charge in [0, 0.05) is 50.8 Å². The standard InChI is InChI=1S/C17H35N3O/c1-15(2)11-20(9-8-19(3)4)13-17(7-10-21-14-17)12-18-16-5-6-16/h15-16,18H,5-14H2,1-4H3. The summed E-state index contributed by atoms with van der Waals surface area (Å²) in [5.74, 6) is 0.725. The molecule has 1 saturated carbocycles. The predicted octanol–water partition coefficient (Wildman–Crippen LogP) is 1.66. The van der Waals surface area contributed by atoms with Crippen LogP contribution in [0.1, 0.15) is 33.1 Å². The van der Waals surface area contributed by atoms with E-state index in [0.717, 1.165) is 44.8 Å². The number of nitrogens with one attached hydrogen (secondary N) is 1. The molecule has 0 amide bonds. The van der Waals surface area contributed by atoms with Gasteiger partial charge in [0.15, 0.2) is 0 Å². The molecular weight excluding hydrogens is 262 g/mol. The maximum Gasteiger partial charge on any atom is 0.0547 e. The summed E-state index contributed by atoms with van der Waals surface area (Å²) in [6.07, 6.45) is 3.95. The van der Waals surface area contributed by atoms with Crippen LogP contribution >= 0.6 is 0 Å². The van der Waals surface area contributed by atoms with E-state index in [4.69, 9.17) is 4.74 Å². The Balaban J connectivity index is 1.89. The van der Waals surface area contributed by atoms with Crippen molar-refractivity contribution < 1.29 is 4.74 Å². The van der Waals surface area contributed by atoms with E-state index in [-0.39, 0.29) is 0 Å². The number of ether oxygens (including phenoxy) is 1. The largest absolute Gasteiger partial charge is 0.381 e. The molecule has 4 nitrogen and oxygen atoms in total. The SMILES string of the molecule is CC(C)CN(CCN(C)C)CC1(CNC2CC2)CCOC1. The van der Waals surface area contributed by atoms with E-state index in [9.17, 15) is 0 Å². The van der Waals surface area contributed by atoms with Crippen molar-refractivity contribution in [1.29, 1.82) is 0 Å². The molecule has 2 aliphatic rings. The fraction of sp³-hybridized carbons (Fsp3) is 1.00. The highest BCUT2D eigenvalue weighted by Gasteiger charge is 2.38. The monoisotopic (exact) mass is 297 g/mol. The quantitative estimate of drug-likeness (QED) is 0.664. The second-order valence-electron chi connectivity index (χ2n) is 7.89. The van der Waals surface area contributed by atoms with Crippen LogP contribution in [-0.4, -0.2) is 75.9 Å². The zero-order valence-electron chi connectivity index (χ0n) is 14.5. The van der Waals surface area contributed by atoms with E-state index in [0.29, 0.717) is 5.41 Å². The summed E-state index contributed by atoms with van der Waals surface area (Å²) in [5, 5.41) is 3.75. The number of nitrogens with zero attached hydrogens (tertiary/aromatic N) is 2. The van der Waals surface area contributed by atoms with Gasteiger partial charge in [-0.1, -0.05) is 13.8 Å². The van der Waals surface area contributed by atoms with Gasteiger partial charge in [0.25, 0.3) is 0 Å². The number of likely N-dealkylation sites (N-methyl/N-ethyl adjacent to an activating group) is 1. The van der Waals surface area contributed by atoms with Gasteiger partial charge in [-0.15, -0.1) is 0 Å². The van der Waals surface area contributed by atoms with E-state index in [1.807, 2.05) is 0 Å². The highest BCUT2D eigenvalue weighted by molar-refractivity contribution is 4.92. The van der Waals surface area contributed by atoms with Crippen LogP contribution in [0, 0.1) is 11.3 Å². The molecular formula is C17H35N3O.